The van der Waals surface area contributed by atoms with Crippen LogP contribution in [0.3, 0.4) is 0 Å². The van der Waals surface area contributed by atoms with Gasteiger partial charge in [-0.15, -0.1) is 0 Å². The molecule has 0 bridgehead atoms. The predicted molar refractivity (Wildman–Crippen MR) is 120 cm³/mol. The Kier molecular flexibility index (Phi) is 5.18. The summed E-state index contributed by atoms with van der Waals surface area (Å²) in [4.78, 5) is 62.3. The third kappa shape index (κ3) is 3.28. The Bertz CT molecular complexity index is 1330. The molecule has 0 amide bonds. The Hall–Kier alpha value is -4.13. The van der Waals surface area contributed by atoms with Crippen LogP contribution in [0.25, 0.3) is 32.9 Å². The number of carbonyl (C=O) groups is 4. The molecule has 4 aromatic rings. The van der Waals surface area contributed by atoms with Gasteiger partial charge in [-0.05, 0) is 27.7 Å². The summed E-state index contributed by atoms with van der Waals surface area (Å²) in [5.74, 6) is -0.855. The zero-order valence-corrected chi connectivity index (χ0v) is 18.0. The van der Waals surface area contributed by atoms with Gasteiger partial charge in [-0.3, -0.25) is 34.1 Å². The van der Waals surface area contributed by atoms with Crippen LogP contribution in [0.2, 0.25) is 0 Å². The highest BCUT2D eigenvalue weighted by atomic mass is 16.1. The molecule has 0 spiro atoms. The minimum absolute atomic E-state index is 0.180. The van der Waals surface area contributed by atoms with Crippen LogP contribution in [0.15, 0.2) is 43.0 Å². The van der Waals surface area contributed by atoms with E-state index in [4.69, 9.17) is 0 Å². The molecule has 0 unspecified atom stereocenters. The van der Waals surface area contributed by atoms with E-state index in [0.29, 0.717) is 55.2 Å². The van der Waals surface area contributed by atoms with Crippen LogP contribution in [0.1, 0.15) is 69.1 Å². The number of aromatic nitrogens is 3. The molecule has 1 aromatic carbocycles. The van der Waals surface area contributed by atoms with Crippen molar-refractivity contribution >= 4 is 44.7 Å². The first-order valence-corrected chi connectivity index (χ1v) is 9.95. The van der Waals surface area contributed by atoms with Crippen LogP contribution in [0.4, 0.5) is 0 Å². The van der Waals surface area contributed by atoms with Crippen molar-refractivity contribution in [1.29, 1.82) is 0 Å². The van der Waals surface area contributed by atoms with Gasteiger partial charge in [0.15, 0.2) is 23.1 Å². The summed E-state index contributed by atoms with van der Waals surface area (Å²) in [7, 11) is 0. The minimum atomic E-state index is -0.230. The zero-order chi connectivity index (χ0) is 23.2. The van der Waals surface area contributed by atoms with Gasteiger partial charge in [0.05, 0.1) is 11.4 Å². The second-order valence-electron chi connectivity index (χ2n) is 7.60. The zero-order valence-electron chi connectivity index (χ0n) is 18.0. The van der Waals surface area contributed by atoms with Gasteiger partial charge >= 0.3 is 0 Å². The SMILES string of the molecule is CC(=O)c1cccc2c(-c3ncc(C(C)=O)c4c(C(C)=O)cncc34)ncc(C(C)=O)c12. The van der Waals surface area contributed by atoms with E-state index in [1.54, 1.807) is 18.2 Å². The van der Waals surface area contributed by atoms with Crippen molar-refractivity contribution in [2.45, 2.75) is 27.7 Å². The number of hydrogen-bond donors (Lipinski definition) is 0. The lowest BCUT2D eigenvalue weighted by molar-refractivity contribution is 0.100. The van der Waals surface area contributed by atoms with Crippen molar-refractivity contribution < 1.29 is 19.2 Å². The van der Waals surface area contributed by atoms with E-state index in [-0.39, 0.29) is 23.1 Å². The molecule has 32 heavy (non-hydrogen) atoms. The first kappa shape index (κ1) is 21.1. The van der Waals surface area contributed by atoms with Crippen molar-refractivity contribution in [2.24, 2.45) is 0 Å². The van der Waals surface area contributed by atoms with Crippen molar-refractivity contribution in [1.82, 2.24) is 15.0 Å². The van der Waals surface area contributed by atoms with E-state index < -0.39 is 0 Å². The Morgan fingerprint density at radius 1 is 0.562 bits per heavy atom. The van der Waals surface area contributed by atoms with Gasteiger partial charge in [-0.25, -0.2) is 0 Å². The Labute approximate surface area is 183 Å². The lowest BCUT2D eigenvalue weighted by atomic mass is 9.93. The molecule has 7 nitrogen and oxygen atoms in total. The maximum atomic E-state index is 12.3. The third-order valence-corrected chi connectivity index (χ3v) is 5.45. The maximum Gasteiger partial charge on any atom is 0.162 e. The van der Waals surface area contributed by atoms with Gasteiger partial charge in [0.25, 0.3) is 0 Å². The Morgan fingerprint density at radius 2 is 1.03 bits per heavy atom. The van der Waals surface area contributed by atoms with Crippen LogP contribution in [0, 0.1) is 0 Å². The molecule has 0 atom stereocenters. The van der Waals surface area contributed by atoms with E-state index in [1.807, 2.05) is 0 Å². The number of hydrogen-bond acceptors (Lipinski definition) is 7. The minimum Gasteiger partial charge on any atom is -0.294 e. The molecule has 0 aliphatic heterocycles. The van der Waals surface area contributed by atoms with E-state index in [9.17, 15) is 19.2 Å². The first-order chi connectivity index (χ1) is 15.2. The fourth-order valence-corrected chi connectivity index (χ4v) is 3.97. The van der Waals surface area contributed by atoms with E-state index >= 15 is 0 Å². The summed E-state index contributed by atoms with van der Waals surface area (Å²) < 4.78 is 0. The third-order valence-electron chi connectivity index (χ3n) is 5.45. The summed E-state index contributed by atoms with van der Waals surface area (Å²) in [5.41, 5.74) is 2.19. The molecule has 0 N–H and O–H groups in total. The van der Waals surface area contributed by atoms with Crippen LogP contribution in [-0.4, -0.2) is 38.1 Å². The number of benzene rings is 1. The average molecular weight is 425 g/mol. The average Bonchev–Trinajstić information content (AvgIpc) is 2.76. The smallest absolute Gasteiger partial charge is 0.162 e. The molecule has 0 radical (unpaired) electrons. The number of carbonyl (C=O) groups excluding carboxylic acids is 4. The highest BCUT2D eigenvalue weighted by molar-refractivity contribution is 6.21. The largest absolute Gasteiger partial charge is 0.294 e. The summed E-state index contributed by atoms with van der Waals surface area (Å²) in [6.07, 6.45) is 5.83. The van der Waals surface area contributed by atoms with Crippen molar-refractivity contribution in [3.05, 3.63) is 65.2 Å². The lowest BCUT2D eigenvalue weighted by Gasteiger charge is -2.14. The van der Waals surface area contributed by atoms with Crippen LogP contribution in [0.5, 0.6) is 0 Å². The fraction of sp³-hybridized carbons (Fsp3) is 0.160. The highest BCUT2D eigenvalue weighted by Crippen LogP contribution is 2.35. The summed E-state index contributed by atoms with van der Waals surface area (Å²) in [6, 6.07) is 5.16. The molecule has 0 saturated heterocycles. The van der Waals surface area contributed by atoms with E-state index in [2.05, 4.69) is 15.0 Å². The molecule has 0 aliphatic rings. The molecule has 158 valence electrons. The van der Waals surface area contributed by atoms with E-state index in [0.717, 1.165) is 0 Å². The second kappa shape index (κ2) is 7.85. The lowest BCUT2D eigenvalue weighted by Crippen LogP contribution is -2.06. The summed E-state index contributed by atoms with van der Waals surface area (Å²) in [6.45, 7) is 5.69. The second-order valence-corrected chi connectivity index (χ2v) is 7.60. The molecule has 0 aliphatic carbocycles. The highest BCUT2D eigenvalue weighted by Gasteiger charge is 2.22. The number of fused-ring (bicyclic) bond motifs is 2. The summed E-state index contributed by atoms with van der Waals surface area (Å²) in [5, 5.41) is 2.02. The van der Waals surface area contributed by atoms with Crippen molar-refractivity contribution in [3.8, 4) is 11.4 Å². The molecular weight excluding hydrogens is 406 g/mol. The van der Waals surface area contributed by atoms with Crippen LogP contribution < -0.4 is 0 Å². The first-order valence-electron chi connectivity index (χ1n) is 9.95. The number of nitrogens with zero attached hydrogens (tertiary/aromatic N) is 3. The Balaban J connectivity index is 2.19. The monoisotopic (exact) mass is 425 g/mol. The molecule has 3 aromatic heterocycles. The van der Waals surface area contributed by atoms with Gasteiger partial charge in [0.2, 0.25) is 0 Å². The number of ketones is 4. The van der Waals surface area contributed by atoms with E-state index in [1.165, 1.54) is 52.5 Å². The number of rotatable bonds is 5. The number of Topliss-reactive ketones (excluding diaryl/α,β-unsaturated/α-hetero) is 4. The molecule has 7 heteroatoms. The van der Waals surface area contributed by atoms with Gasteiger partial charge in [-0.1, -0.05) is 18.2 Å². The van der Waals surface area contributed by atoms with Gasteiger partial charge in [-0.2, -0.15) is 0 Å². The molecule has 3 heterocycles. The standard InChI is InChI=1S/C25H19N3O4/c1-12(29)16-6-5-7-17-22(16)19(14(3)31)10-27-24(17)25-21-9-26-8-18(13(2)30)23(21)20(11-28-25)15(4)32/h5-11H,1-4H3. The quantitative estimate of drug-likeness (QED) is 0.428. The molecular formula is C25H19N3O4. The Morgan fingerprint density at radius 3 is 1.56 bits per heavy atom. The van der Waals surface area contributed by atoms with Crippen LogP contribution >= 0.6 is 0 Å². The number of pyridine rings is 3. The van der Waals surface area contributed by atoms with Crippen molar-refractivity contribution in [2.75, 3.05) is 0 Å². The molecule has 0 fully saturated rings. The maximum absolute atomic E-state index is 12.3. The topological polar surface area (TPSA) is 107 Å². The van der Waals surface area contributed by atoms with Gasteiger partial charge in [0.1, 0.15) is 0 Å². The normalized spacial score (nSPS) is 11.0. The predicted octanol–water partition coefficient (Wildman–Crippen LogP) is 4.66. The van der Waals surface area contributed by atoms with Crippen molar-refractivity contribution in [3.63, 3.8) is 0 Å². The van der Waals surface area contributed by atoms with Gasteiger partial charge in [0, 0.05) is 68.6 Å². The van der Waals surface area contributed by atoms with Crippen LogP contribution in [-0.2, 0) is 0 Å². The van der Waals surface area contributed by atoms with Gasteiger partial charge < -0.3 is 0 Å². The molecule has 4 rings (SSSR count). The fourth-order valence-electron chi connectivity index (χ4n) is 3.97. The molecule has 0 saturated carbocycles. The summed E-state index contributed by atoms with van der Waals surface area (Å²) >= 11 is 0.